The third-order valence-corrected chi connectivity index (χ3v) is 5.44. The van der Waals surface area contributed by atoms with Gasteiger partial charge in [0.25, 0.3) is 0 Å². The third kappa shape index (κ3) is 4.49. The molecule has 2 N–H and O–H groups in total. The maximum atomic E-state index is 14.8. The molecule has 0 aromatic heterocycles. The molecule has 4 rings (SSSR count). The molecule has 1 aliphatic heterocycles. The lowest BCUT2D eigenvalue weighted by molar-refractivity contribution is -0.118. The van der Waals surface area contributed by atoms with Gasteiger partial charge in [-0.1, -0.05) is 29.8 Å². The quantitative estimate of drug-likeness (QED) is 0.488. The Hall–Kier alpha value is -3.59. The number of halogens is 5. The largest absolute Gasteiger partial charge is 0.326 e. The number of carbonyl (C=O) groups excluding carboxylic acids is 2. The van der Waals surface area contributed by atoms with Crippen LogP contribution in [0.1, 0.15) is 6.42 Å². The molecule has 0 radical (unpaired) electrons. The Bertz CT molecular complexity index is 1250. The van der Waals surface area contributed by atoms with Gasteiger partial charge in [0, 0.05) is 22.7 Å². The first-order chi connectivity index (χ1) is 15.8. The van der Waals surface area contributed by atoms with Crippen LogP contribution in [0.3, 0.4) is 0 Å². The van der Waals surface area contributed by atoms with Gasteiger partial charge < -0.3 is 15.5 Å². The van der Waals surface area contributed by atoms with Crippen LogP contribution >= 0.6 is 11.6 Å². The first-order valence-electron chi connectivity index (χ1n) is 9.83. The van der Waals surface area contributed by atoms with E-state index in [1.54, 1.807) is 0 Å². The summed E-state index contributed by atoms with van der Waals surface area (Å²) in [5.74, 6) is -4.74. The highest BCUT2D eigenvalue weighted by Crippen LogP contribution is 2.33. The molecule has 170 valence electrons. The zero-order chi connectivity index (χ0) is 23.7. The lowest BCUT2D eigenvalue weighted by atomic mass is 10.0. The molecule has 10 heteroatoms. The monoisotopic (exact) mass is 477 g/mol. The molecule has 1 atom stereocenters. The van der Waals surface area contributed by atoms with Gasteiger partial charge in [0.05, 0.1) is 11.4 Å². The predicted octanol–water partition coefficient (Wildman–Crippen LogP) is 5.49. The zero-order valence-electron chi connectivity index (χ0n) is 16.8. The molecule has 0 saturated carbocycles. The number of urea groups is 1. The van der Waals surface area contributed by atoms with Crippen LogP contribution in [0.25, 0.3) is 11.1 Å². The van der Waals surface area contributed by atoms with Crippen LogP contribution in [-0.2, 0) is 4.79 Å². The fraction of sp³-hybridized carbons (Fsp3) is 0.130. The van der Waals surface area contributed by atoms with Crippen molar-refractivity contribution in [2.24, 2.45) is 0 Å². The van der Waals surface area contributed by atoms with Gasteiger partial charge in [-0.25, -0.2) is 22.4 Å². The average Bonchev–Trinajstić information content (AvgIpc) is 3.12. The highest BCUT2D eigenvalue weighted by atomic mass is 35.5. The molecule has 0 aliphatic carbocycles. The fourth-order valence-electron chi connectivity index (χ4n) is 3.60. The lowest BCUT2D eigenvalue weighted by Gasteiger charge is -2.19. The summed E-state index contributed by atoms with van der Waals surface area (Å²) in [7, 11) is 0. The second kappa shape index (κ2) is 9.11. The molecule has 0 spiro atoms. The normalized spacial score (nSPS) is 15.6. The minimum absolute atomic E-state index is 0.00842. The Morgan fingerprint density at radius 2 is 1.70 bits per heavy atom. The van der Waals surface area contributed by atoms with Crippen molar-refractivity contribution < 1.29 is 27.2 Å². The van der Waals surface area contributed by atoms with Crippen molar-refractivity contribution >= 4 is 34.9 Å². The predicted molar refractivity (Wildman–Crippen MR) is 116 cm³/mol. The minimum atomic E-state index is -1.31. The van der Waals surface area contributed by atoms with Gasteiger partial charge >= 0.3 is 6.03 Å². The molecule has 1 fully saturated rings. The molecular weight excluding hydrogens is 462 g/mol. The summed E-state index contributed by atoms with van der Waals surface area (Å²) in [5.41, 5.74) is -0.860. The van der Waals surface area contributed by atoms with Gasteiger partial charge in [-0.3, -0.25) is 4.79 Å². The van der Waals surface area contributed by atoms with Crippen molar-refractivity contribution in [2.75, 3.05) is 16.8 Å². The molecule has 0 bridgehead atoms. The van der Waals surface area contributed by atoms with E-state index in [9.17, 15) is 27.2 Å². The molecule has 3 aromatic carbocycles. The van der Waals surface area contributed by atoms with Crippen LogP contribution in [0, 0.1) is 23.3 Å². The Kier molecular flexibility index (Phi) is 6.24. The van der Waals surface area contributed by atoms with E-state index in [-0.39, 0.29) is 40.5 Å². The van der Waals surface area contributed by atoms with Gasteiger partial charge in [0.15, 0.2) is 11.6 Å². The Labute approximate surface area is 191 Å². The van der Waals surface area contributed by atoms with Gasteiger partial charge in [-0.15, -0.1) is 0 Å². The van der Waals surface area contributed by atoms with Gasteiger partial charge in [-0.05, 0) is 42.8 Å². The van der Waals surface area contributed by atoms with E-state index in [2.05, 4.69) is 10.6 Å². The molecular formula is C23H16ClF4N3O2. The topological polar surface area (TPSA) is 61.4 Å². The molecule has 5 nitrogen and oxygen atoms in total. The number of amides is 3. The summed E-state index contributed by atoms with van der Waals surface area (Å²) in [6, 6.07) is 9.51. The number of carbonyl (C=O) groups is 2. The van der Waals surface area contributed by atoms with Crippen molar-refractivity contribution in [2.45, 2.75) is 12.5 Å². The zero-order valence-corrected chi connectivity index (χ0v) is 17.6. The average molecular weight is 478 g/mol. The fourth-order valence-corrected chi connectivity index (χ4v) is 3.75. The molecule has 1 saturated heterocycles. The molecule has 1 aliphatic rings. The van der Waals surface area contributed by atoms with Crippen molar-refractivity contribution in [1.29, 1.82) is 0 Å². The number of anilines is 2. The molecule has 3 aromatic rings. The summed E-state index contributed by atoms with van der Waals surface area (Å²) in [4.78, 5) is 25.9. The number of rotatable bonds is 4. The van der Waals surface area contributed by atoms with Gasteiger partial charge in [0.2, 0.25) is 5.91 Å². The van der Waals surface area contributed by atoms with Crippen LogP contribution in [0.5, 0.6) is 0 Å². The minimum Gasteiger partial charge on any atom is -0.326 e. The lowest BCUT2D eigenvalue weighted by Crippen LogP contribution is -2.43. The maximum absolute atomic E-state index is 14.8. The summed E-state index contributed by atoms with van der Waals surface area (Å²) < 4.78 is 57.4. The van der Waals surface area contributed by atoms with E-state index in [4.69, 9.17) is 11.6 Å². The van der Waals surface area contributed by atoms with Gasteiger partial charge in [-0.2, -0.15) is 0 Å². The van der Waals surface area contributed by atoms with E-state index in [0.717, 1.165) is 17.0 Å². The van der Waals surface area contributed by atoms with E-state index >= 15 is 0 Å². The van der Waals surface area contributed by atoms with Crippen molar-refractivity contribution in [3.63, 3.8) is 0 Å². The Morgan fingerprint density at radius 3 is 2.42 bits per heavy atom. The van der Waals surface area contributed by atoms with Crippen LogP contribution in [0.4, 0.5) is 33.7 Å². The van der Waals surface area contributed by atoms with Crippen LogP contribution < -0.4 is 15.5 Å². The van der Waals surface area contributed by atoms with E-state index in [1.165, 1.54) is 42.5 Å². The highest BCUT2D eigenvalue weighted by molar-refractivity contribution is 6.30. The van der Waals surface area contributed by atoms with Crippen LogP contribution in [0.15, 0.2) is 54.6 Å². The van der Waals surface area contributed by atoms with E-state index < -0.39 is 41.2 Å². The van der Waals surface area contributed by atoms with Crippen molar-refractivity contribution in [3.8, 4) is 11.1 Å². The SMILES string of the molecule is O=C(Nc1ccc(Cl)cc1F)N[C@@H]1CCN(c2ccc(-c3ccccc3F)c(F)c2F)C1=O. The Balaban J connectivity index is 1.49. The van der Waals surface area contributed by atoms with E-state index in [1.807, 2.05) is 0 Å². The summed E-state index contributed by atoms with van der Waals surface area (Å²) in [6.45, 7) is 0.00842. The smallest absolute Gasteiger partial charge is 0.319 e. The van der Waals surface area contributed by atoms with Crippen molar-refractivity contribution in [1.82, 2.24) is 5.32 Å². The number of hydrogen-bond acceptors (Lipinski definition) is 2. The first-order valence-corrected chi connectivity index (χ1v) is 10.2. The second-order valence-corrected chi connectivity index (χ2v) is 7.73. The molecule has 3 amide bonds. The van der Waals surface area contributed by atoms with Gasteiger partial charge in [0.1, 0.15) is 17.7 Å². The number of nitrogens with zero attached hydrogens (tertiary/aromatic N) is 1. The summed E-state index contributed by atoms with van der Waals surface area (Å²) in [5, 5.41) is 4.81. The molecule has 1 heterocycles. The summed E-state index contributed by atoms with van der Waals surface area (Å²) in [6.07, 6.45) is 0.117. The van der Waals surface area contributed by atoms with Crippen molar-refractivity contribution in [3.05, 3.63) is 82.9 Å². The number of nitrogens with one attached hydrogen (secondary N) is 2. The van der Waals surface area contributed by atoms with E-state index in [0.29, 0.717) is 0 Å². The second-order valence-electron chi connectivity index (χ2n) is 7.29. The van der Waals surface area contributed by atoms with Crippen LogP contribution in [-0.4, -0.2) is 24.5 Å². The highest BCUT2D eigenvalue weighted by Gasteiger charge is 2.36. The summed E-state index contributed by atoms with van der Waals surface area (Å²) >= 11 is 5.67. The standard InChI is InChI=1S/C23H16ClF4N3O2/c24-12-5-7-17(16(26)11-12)29-23(33)30-18-9-10-31(22(18)32)19-8-6-14(20(27)21(19)28)13-3-1-2-4-15(13)25/h1-8,11,18H,9-10H2,(H2,29,30,33)/t18-/m1/s1. The maximum Gasteiger partial charge on any atom is 0.319 e. The number of hydrogen-bond donors (Lipinski definition) is 2. The third-order valence-electron chi connectivity index (χ3n) is 5.21. The molecule has 0 unspecified atom stereocenters. The van der Waals surface area contributed by atoms with Crippen LogP contribution in [0.2, 0.25) is 5.02 Å². The molecule has 33 heavy (non-hydrogen) atoms. The Morgan fingerprint density at radius 1 is 0.939 bits per heavy atom. The first kappa shape index (κ1) is 22.6. The number of benzene rings is 3.